The van der Waals surface area contributed by atoms with Crippen molar-refractivity contribution in [3.8, 4) is 11.4 Å². The number of benzene rings is 2. The normalized spacial score (nSPS) is 12.2. The molecule has 0 aliphatic carbocycles. The minimum atomic E-state index is -0.196. The molecule has 152 valence electrons. The van der Waals surface area contributed by atoms with Gasteiger partial charge in [-0.1, -0.05) is 49.9 Å². The van der Waals surface area contributed by atoms with Crippen molar-refractivity contribution in [2.75, 3.05) is 12.9 Å². The zero-order valence-corrected chi connectivity index (χ0v) is 17.8. The van der Waals surface area contributed by atoms with Gasteiger partial charge in [0.25, 0.3) is 5.56 Å². The van der Waals surface area contributed by atoms with Crippen molar-refractivity contribution in [2.45, 2.75) is 32.0 Å². The van der Waals surface area contributed by atoms with Crippen molar-refractivity contribution in [1.29, 1.82) is 0 Å². The number of carbonyl (C=O) groups is 1. The Bertz CT molecular complexity index is 1080. The van der Waals surface area contributed by atoms with Gasteiger partial charge in [-0.25, -0.2) is 4.98 Å². The maximum absolute atomic E-state index is 13.3. The largest absolute Gasteiger partial charge is 0.495 e. The van der Waals surface area contributed by atoms with E-state index in [9.17, 15) is 9.59 Å². The molecule has 1 aromatic heterocycles. The van der Waals surface area contributed by atoms with Gasteiger partial charge in [-0.2, -0.15) is 0 Å². The van der Waals surface area contributed by atoms with E-state index in [2.05, 4.69) is 24.1 Å². The SMILES string of the molecule is COc1ccccc1-n1c(SCC(=O)N[C@@H](C)C(C)C)nc2ccccc2c1=O. The van der Waals surface area contributed by atoms with Crippen LogP contribution in [0.2, 0.25) is 0 Å². The molecule has 29 heavy (non-hydrogen) atoms. The van der Waals surface area contributed by atoms with Crippen LogP contribution in [0.5, 0.6) is 5.75 Å². The summed E-state index contributed by atoms with van der Waals surface area (Å²) in [4.78, 5) is 30.3. The van der Waals surface area contributed by atoms with Crippen LogP contribution in [0.1, 0.15) is 20.8 Å². The Labute approximate surface area is 174 Å². The second-order valence-corrected chi connectivity index (χ2v) is 8.06. The number of fused-ring (bicyclic) bond motifs is 1. The lowest BCUT2D eigenvalue weighted by atomic mass is 10.1. The molecule has 0 saturated carbocycles. The van der Waals surface area contributed by atoms with Crippen molar-refractivity contribution in [1.82, 2.24) is 14.9 Å². The Kier molecular flexibility index (Phi) is 6.59. The van der Waals surface area contributed by atoms with Crippen LogP contribution in [0.15, 0.2) is 58.5 Å². The summed E-state index contributed by atoms with van der Waals surface area (Å²) in [5, 5.41) is 3.95. The van der Waals surface area contributed by atoms with Crippen LogP contribution in [0, 0.1) is 5.92 Å². The highest BCUT2D eigenvalue weighted by atomic mass is 32.2. The van der Waals surface area contributed by atoms with Gasteiger partial charge in [0, 0.05) is 6.04 Å². The summed E-state index contributed by atoms with van der Waals surface area (Å²) in [5.74, 6) is 0.975. The van der Waals surface area contributed by atoms with Crippen molar-refractivity contribution in [3.05, 3.63) is 58.9 Å². The number of nitrogens with zero attached hydrogens (tertiary/aromatic N) is 2. The van der Waals surface area contributed by atoms with Gasteiger partial charge in [0.15, 0.2) is 5.16 Å². The highest BCUT2D eigenvalue weighted by molar-refractivity contribution is 7.99. The van der Waals surface area contributed by atoms with E-state index < -0.39 is 0 Å². The van der Waals surface area contributed by atoms with E-state index in [1.54, 1.807) is 25.3 Å². The standard InChI is InChI=1S/C22H25N3O3S/c1-14(2)15(3)23-20(26)13-29-22-24-17-10-6-5-9-16(17)21(27)25(22)18-11-7-8-12-19(18)28-4/h5-12,14-15H,13H2,1-4H3,(H,23,26)/t15-/m0/s1. The number of rotatable bonds is 7. The molecule has 0 bridgehead atoms. The maximum Gasteiger partial charge on any atom is 0.266 e. The van der Waals surface area contributed by atoms with Gasteiger partial charge in [-0.3, -0.25) is 14.2 Å². The van der Waals surface area contributed by atoms with Gasteiger partial charge in [-0.05, 0) is 37.1 Å². The third kappa shape index (κ3) is 4.62. The minimum Gasteiger partial charge on any atom is -0.495 e. The Morgan fingerprint density at radius 3 is 2.55 bits per heavy atom. The second-order valence-electron chi connectivity index (χ2n) is 7.11. The van der Waals surface area contributed by atoms with Gasteiger partial charge < -0.3 is 10.1 Å². The van der Waals surface area contributed by atoms with Gasteiger partial charge in [-0.15, -0.1) is 0 Å². The first-order chi connectivity index (χ1) is 13.9. The van der Waals surface area contributed by atoms with Crippen LogP contribution < -0.4 is 15.6 Å². The number of para-hydroxylation sites is 3. The van der Waals surface area contributed by atoms with Crippen LogP contribution in [0.4, 0.5) is 0 Å². The molecule has 3 aromatic rings. The lowest BCUT2D eigenvalue weighted by Crippen LogP contribution is -2.37. The molecule has 6 nitrogen and oxygen atoms in total. The average Bonchev–Trinajstić information content (AvgIpc) is 2.72. The van der Waals surface area contributed by atoms with Crippen molar-refractivity contribution < 1.29 is 9.53 Å². The van der Waals surface area contributed by atoms with Gasteiger partial charge in [0.1, 0.15) is 5.75 Å². The molecule has 0 saturated heterocycles. The summed E-state index contributed by atoms with van der Waals surface area (Å²) in [6, 6.07) is 14.6. The summed E-state index contributed by atoms with van der Waals surface area (Å²) in [6.45, 7) is 6.09. The molecule has 0 aliphatic heterocycles. The first-order valence-electron chi connectivity index (χ1n) is 9.49. The number of amides is 1. The van der Waals surface area contributed by atoms with Gasteiger partial charge in [0.05, 0.1) is 29.5 Å². The molecule has 1 amide bonds. The zero-order chi connectivity index (χ0) is 21.0. The molecular weight excluding hydrogens is 386 g/mol. The molecule has 0 radical (unpaired) electrons. The van der Waals surface area contributed by atoms with Gasteiger partial charge in [0.2, 0.25) is 5.91 Å². The first-order valence-corrected chi connectivity index (χ1v) is 10.5. The van der Waals surface area contributed by atoms with E-state index in [4.69, 9.17) is 4.74 Å². The number of nitrogens with one attached hydrogen (secondary N) is 1. The second kappa shape index (κ2) is 9.13. The fourth-order valence-corrected chi connectivity index (χ4v) is 3.65. The number of hydrogen-bond acceptors (Lipinski definition) is 5. The fraction of sp³-hybridized carbons (Fsp3) is 0.318. The highest BCUT2D eigenvalue weighted by Crippen LogP contribution is 2.27. The first kappa shape index (κ1) is 20.9. The lowest BCUT2D eigenvalue weighted by Gasteiger charge is -2.18. The van der Waals surface area contributed by atoms with E-state index in [1.165, 1.54) is 16.3 Å². The predicted octanol–water partition coefficient (Wildman–Crippen LogP) is 3.65. The highest BCUT2D eigenvalue weighted by Gasteiger charge is 2.18. The number of methoxy groups -OCH3 is 1. The molecule has 1 atom stereocenters. The van der Waals surface area contributed by atoms with E-state index in [0.717, 1.165) is 0 Å². The number of thioether (sulfide) groups is 1. The summed E-state index contributed by atoms with van der Waals surface area (Å²) >= 11 is 1.24. The van der Waals surface area contributed by atoms with E-state index >= 15 is 0 Å². The summed E-state index contributed by atoms with van der Waals surface area (Å²) < 4.78 is 6.97. The molecule has 0 aliphatic rings. The van der Waals surface area contributed by atoms with Crippen molar-refractivity contribution in [3.63, 3.8) is 0 Å². The molecule has 7 heteroatoms. The van der Waals surface area contributed by atoms with Crippen LogP contribution in [-0.4, -0.2) is 34.4 Å². The molecular formula is C22H25N3O3S. The van der Waals surface area contributed by atoms with Crippen molar-refractivity contribution >= 4 is 28.6 Å². The van der Waals surface area contributed by atoms with Crippen LogP contribution in [-0.2, 0) is 4.79 Å². The molecule has 1 N–H and O–H groups in total. The third-order valence-electron chi connectivity index (χ3n) is 4.79. The predicted molar refractivity (Wildman–Crippen MR) is 117 cm³/mol. The summed E-state index contributed by atoms with van der Waals surface area (Å²) in [5.41, 5.74) is 0.998. The Morgan fingerprint density at radius 1 is 1.14 bits per heavy atom. The van der Waals surface area contributed by atoms with Crippen LogP contribution in [0.3, 0.4) is 0 Å². The lowest BCUT2D eigenvalue weighted by molar-refractivity contribution is -0.119. The van der Waals surface area contributed by atoms with E-state index in [-0.39, 0.29) is 23.3 Å². The summed E-state index contributed by atoms with van der Waals surface area (Å²) in [7, 11) is 1.56. The van der Waals surface area contributed by atoms with Crippen LogP contribution in [0.25, 0.3) is 16.6 Å². The molecule has 1 heterocycles. The number of aromatic nitrogens is 2. The number of ether oxygens (including phenoxy) is 1. The average molecular weight is 412 g/mol. The molecule has 0 fully saturated rings. The molecule has 3 rings (SSSR count). The summed E-state index contributed by atoms with van der Waals surface area (Å²) in [6.07, 6.45) is 0. The molecule has 2 aromatic carbocycles. The minimum absolute atomic E-state index is 0.0732. The Hall–Kier alpha value is -2.80. The Balaban J connectivity index is 2.04. The smallest absolute Gasteiger partial charge is 0.266 e. The van der Waals surface area contributed by atoms with Crippen molar-refractivity contribution in [2.24, 2.45) is 5.92 Å². The Morgan fingerprint density at radius 2 is 1.83 bits per heavy atom. The zero-order valence-electron chi connectivity index (χ0n) is 17.0. The quantitative estimate of drug-likeness (QED) is 0.475. The van der Waals surface area contributed by atoms with Gasteiger partial charge >= 0.3 is 0 Å². The van der Waals surface area contributed by atoms with E-state index in [1.807, 2.05) is 37.3 Å². The molecule has 0 unspecified atom stereocenters. The topological polar surface area (TPSA) is 73.2 Å². The third-order valence-corrected chi connectivity index (χ3v) is 5.73. The number of carbonyl (C=O) groups excluding carboxylic acids is 1. The number of hydrogen-bond donors (Lipinski definition) is 1. The van der Waals surface area contributed by atoms with Crippen LogP contribution >= 0.6 is 11.8 Å². The fourth-order valence-electron chi connectivity index (χ4n) is 2.83. The van der Waals surface area contributed by atoms with E-state index in [0.29, 0.717) is 33.4 Å². The maximum atomic E-state index is 13.3. The monoisotopic (exact) mass is 411 g/mol. The molecule has 0 spiro atoms.